The van der Waals surface area contributed by atoms with Crippen LogP contribution in [0.3, 0.4) is 0 Å². The van der Waals surface area contributed by atoms with Crippen molar-refractivity contribution in [2.75, 3.05) is 0 Å². The fraction of sp³-hybridized carbons (Fsp3) is 0.333. The number of ether oxygens (including phenoxy) is 1. The second-order valence-electron chi connectivity index (χ2n) is 6.37. The zero-order chi connectivity index (χ0) is 18.1. The van der Waals surface area contributed by atoms with Gasteiger partial charge in [-0.15, -0.1) is 0 Å². The molecule has 0 bridgehead atoms. The molecule has 0 spiro atoms. The van der Waals surface area contributed by atoms with Gasteiger partial charge in [-0.05, 0) is 43.0 Å². The summed E-state index contributed by atoms with van der Waals surface area (Å²) in [6.07, 6.45) is 5.47. The van der Waals surface area contributed by atoms with E-state index in [0.717, 1.165) is 29.5 Å². The number of carbonyl (C=O) groups is 1. The van der Waals surface area contributed by atoms with Crippen molar-refractivity contribution in [3.63, 3.8) is 0 Å². The van der Waals surface area contributed by atoms with Gasteiger partial charge in [-0.2, -0.15) is 10.2 Å². The van der Waals surface area contributed by atoms with Crippen LogP contribution in [-0.2, 0) is 16.1 Å². The number of carbonyl (C=O) groups excluding carboxylic acids is 1. The van der Waals surface area contributed by atoms with Crippen molar-refractivity contribution in [3.8, 4) is 0 Å². The van der Waals surface area contributed by atoms with Gasteiger partial charge in [0.15, 0.2) is 0 Å². The van der Waals surface area contributed by atoms with Gasteiger partial charge in [-0.1, -0.05) is 23.7 Å². The van der Waals surface area contributed by atoms with E-state index >= 15 is 0 Å². The monoisotopic (exact) mass is 372 g/mol. The molecule has 7 nitrogen and oxygen atoms in total. The molecule has 1 saturated carbocycles. The number of esters is 1. The molecule has 0 saturated heterocycles. The number of benzene rings is 1. The van der Waals surface area contributed by atoms with E-state index in [1.165, 1.54) is 17.0 Å². The third-order valence-electron chi connectivity index (χ3n) is 4.74. The van der Waals surface area contributed by atoms with Crippen LogP contribution in [0.2, 0.25) is 5.02 Å². The van der Waals surface area contributed by atoms with Gasteiger partial charge in [0.25, 0.3) is 5.56 Å². The number of hydrogen-bond acceptors (Lipinski definition) is 5. The molecule has 4 rings (SSSR count). The van der Waals surface area contributed by atoms with Crippen LogP contribution in [0.5, 0.6) is 0 Å². The third-order valence-corrected chi connectivity index (χ3v) is 4.99. The Hall–Kier alpha value is -2.67. The first-order valence-electron chi connectivity index (χ1n) is 8.46. The molecule has 1 aromatic carbocycles. The molecule has 0 aliphatic heterocycles. The van der Waals surface area contributed by atoms with Crippen molar-refractivity contribution in [1.29, 1.82) is 0 Å². The van der Waals surface area contributed by atoms with E-state index in [2.05, 4.69) is 10.2 Å². The molecular weight excluding hydrogens is 356 g/mol. The Kier molecular flexibility index (Phi) is 4.46. The van der Waals surface area contributed by atoms with Crippen LogP contribution in [0.25, 0.3) is 5.52 Å². The Morgan fingerprint density at radius 2 is 2.00 bits per heavy atom. The quantitative estimate of drug-likeness (QED) is 0.657. The summed E-state index contributed by atoms with van der Waals surface area (Å²) in [6.45, 7) is -0.218. The largest absolute Gasteiger partial charge is 0.460 e. The molecule has 1 fully saturated rings. The van der Waals surface area contributed by atoms with E-state index in [0.29, 0.717) is 10.5 Å². The van der Waals surface area contributed by atoms with Crippen LogP contribution in [0.4, 0.5) is 0 Å². The summed E-state index contributed by atoms with van der Waals surface area (Å²) in [5.41, 5.74) is 1.11. The van der Waals surface area contributed by atoms with E-state index in [1.54, 1.807) is 6.07 Å². The molecule has 2 heterocycles. The molecular formula is C18H17ClN4O3. The third kappa shape index (κ3) is 3.22. The second kappa shape index (κ2) is 6.92. The minimum absolute atomic E-state index is 0.151. The number of rotatable bonds is 4. The van der Waals surface area contributed by atoms with Crippen molar-refractivity contribution in [1.82, 2.24) is 19.4 Å². The van der Waals surface area contributed by atoms with E-state index in [9.17, 15) is 9.59 Å². The Bertz CT molecular complexity index is 996. The van der Waals surface area contributed by atoms with Gasteiger partial charge in [0.05, 0.1) is 6.20 Å². The topological polar surface area (TPSA) is 78.5 Å². The Morgan fingerprint density at radius 3 is 2.81 bits per heavy atom. The fourth-order valence-electron chi connectivity index (χ4n) is 3.47. The predicted octanol–water partition coefficient (Wildman–Crippen LogP) is 2.42. The maximum atomic E-state index is 12.4. The molecule has 3 aromatic rings. The summed E-state index contributed by atoms with van der Waals surface area (Å²) in [7, 11) is 0. The van der Waals surface area contributed by atoms with Crippen LogP contribution in [0.15, 0.2) is 47.7 Å². The Labute approximate surface area is 154 Å². The number of fused-ring (bicyclic) bond motifs is 1. The molecule has 8 heteroatoms. The summed E-state index contributed by atoms with van der Waals surface area (Å²) in [5.74, 6) is -0.312. The van der Waals surface area contributed by atoms with Crippen molar-refractivity contribution in [2.45, 2.75) is 37.8 Å². The average molecular weight is 373 g/mol. The first-order chi connectivity index (χ1) is 12.6. The zero-order valence-electron chi connectivity index (χ0n) is 13.9. The number of hydrogen-bond donors (Lipinski definition) is 0. The summed E-state index contributed by atoms with van der Waals surface area (Å²) >= 11 is 5.95. The number of nitrogens with zero attached hydrogens (tertiary/aromatic N) is 4. The van der Waals surface area contributed by atoms with Crippen molar-refractivity contribution in [3.05, 3.63) is 63.8 Å². The van der Waals surface area contributed by atoms with Gasteiger partial charge in [-0.25, -0.2) is 9.20 Å². The summed E-state index contributed by atoms with van der Waals surface area (Å²) in [5, 5.41) is 8.60. The van der Waals surface area contributed by atoms with Crippen LogP contribution in [-0.4, -0.2) is 31.5 Å². The predicted molar refractivity (Wildman–Crippen MR) is 95.2 cm³/mol. The first-order valence-corrected chi connectivity index (χ1v) is 8.84. The SMILES string of the molecule is O=C(Cn1ncn2nccc2c1=O)O[C@@H]1CCC[C@H]1c1ccc(Cl)cc1. The van der Waals surface area contributed by atoms with Crippen LogP contribution in [0.1, 0.15) is 30.7 Å². The molecule has 134 valence electrons. The number of halogens is 1. The van der Waals surface area contributed by atoms with Gasteiger partial charge in [-0.3, -0.25) is 9.59 Å². The highest BCUT2D eigenvalue weighted by molar-refractivity contribution is 6.30. The lowest BCUT2D eigenvalue weighted by Gasteiger charge is -2.20. The Morgan fingerprint density at radius 1 is 1.19 bits per heavy atom. The minimum Gasteiger partial charge on any atom is -0.460 e. The molecule has 0 N–H and O–H groups in total. The van der Waals surface area contributed by atoms with Crippen LogP contribution >= 0.6 is 11.6 Å². The maximum Gasteiger partial charge on any atom is 0.328 e. The molecule has 2 atom stereocenters. The smallest absolute Gasteiger partial charge is 0.328 e. The van der Waals surface area contributed by atoms with Gasteiger partial charge >= 0.3 is 5.97 Å². The summed E-state index contributed by atoms with van der Waals surface area (Å²) < 4.78 is 8.14. The van der Waals surface area contributed by atoms with Gasteiger partial charge in [0, 0.05) is 10.9 Å². The van der Waals surface area contributed by atoms with Crippen LogP contribution in [0, 0.1) is 0 Å². The normalized spacial score (nSPS) is 19.7. The van der Waals surface area contributed by atoms with Gasteiger partial charge in [0.2, 0.25) is 0 Å². The fourth-order valence-corrected chi connectivity index (χ4v) is 3.60. The lowest BCUT2D eigenvalue weighted by atomic mass is 9.96. The standard InChI is InChI=1S/C18H17ClN4O3/c19-13-6-4-12(5-7-13)14-2-1-3-16(14)26-17(24)10-22-18(25)15-8-9-20-23(15)11-21-22/h4-9,11,14,16H,1-3,10H2/t14-,16+/m0/s1. The molecule has 0 amide bonds. The highest BCUT2D eigenvalue weighted by Gasteiger charge is 2.31. The minimum atomic E-state index is -0.464. The zero-order valence-corrected chi connectivity index (χ0v) is 14.7. The molecule has 0 radical (unpaired) electrons. The highest BCUT2D eigenvalue weighted by Crippen LogP contribution is 2.37. The highest BCUT2D eigenvalue weighted by atomic mass is 35.5. The molecule has 1 aliphatic rings. The lowest BCUT2D eigenvalue weighted by molar-refractivity contribution is -0.150. The molecule has 1 aliphatic carbocycles. The lowest BCUT2D eigenvalue weighted by Crippen LogP contribution is -2.31. The van der Waals surface area contributed by atoms with Crippen molar-refractivity contribution in [2.24, 2.45) is 0 Å². The van der Waals surface area contributed by atoms with E-state index in [-0.39, 0.29) is 24.1 Å². The summed E-state index contributed by atoms with van der Waals surface area (Å²) in [4.78, 5) is 24.7. The Balaban J connectivity index is 1.47. The average Bonchev–Trinajstić information content (AvgIpc) is 3.28. The van der Waals surface area contributed by atoms with E-state index < -0.39 is 5.97 Å². The molecule has 2 aromatic heterocycles. The number of aromatic nitrogens is 4. The van der Waals surface area contributed by atoms with Crippen molar-refractivity contribution >= 4 is 23.1 Å². The van der Waals surface area contributed by atoms with Crippen LogP contribution < -0.4 is 5.56 Å². The van der Waals surface area contributed by atoms with Gasteiger partial charge in [0.1, 0.15) is 24.5 Å². The van der Waals surface area contributed by atoms with Crippen molar-refractivity contribution < 1.29 is 9.53 Å². The molecule has 0 unspecified atom stereocenters. The van der Waals surface area contributed by atoms with E-state index in [4.69, 9.17) is 16.3 Å². The molecule has 26 heavy (non-hydrogen) atoms. The summed E-state index contributed by atoms with van der Waals surface area (Å²) in [6, 6.07) is 9.22. The maximum absolute atomic E-state index is 12.4. The van der Waals surface area contributed by atoms with E-state index in [1.807, 2.05) is 24.3 Å². The second-order valence-corrected chi connectivity index (χ2v) is 6.81. The first kappa shape index (κ1) is 16.8. The van der Waals surface area contributed by atoms with Gasteiger partial charge < -0.3 is 4.74 Å².